The second kappa shape index (κ2) is 5.50. The van der Waals surface area contributed by atoms with Gasteiger partial charge in [-0.3, -0.25) is 9.48 Å². The maximum atomic E-state index is 11.2. The van der Waals surface area contributed by atoms with Crippen LogP contribution in [-0.4, -0.2) is 22.4 Å². The molecule has 0 fully saturated rings. The van der Waals surface area contributed by atoms with Crippen molar-refractivity contribution in [2.24, 2.45) is 5.73 Å². The van der Waals surface area contributed by atoms with Gasteiger partial charge in [0.2, 0.25) is 0 Å². The molecule has 0 aromatic carbocycles. The second-order valence-corrected chi connectivity index (χ2v) is 3.25. The van der Waals surface area contributed by atoms with Crippen molar-refractivity contribution in [1.82, 2.24) is 9.78 Å². The van der Waals surface area contributed by atoms with Crippen molar-refractivity contribution >= 4 is 5.97 Å². The molecule has 0 bridgehead atoms. The van der Waals surface area contributed by atoms with Gasteiger partial charge in [-0.15, -0.1) is 0 Å². The third-order valence-corrected chi connectivity index (χ3v) is 2.10. The summed E-state index contributed by atoms with van der Waals surface area (Å²) in [4.78, 5) is 11.2. The number of hydrogen-bond acceptors (Lipinski definition) is 4. The standard InChI is InChI=1S/C10H17N3O2/c1-3-13-7-8(6-12-13)9(11)5-10(14)15-4-2/h6-7,9H,3-5,11H2,1-2H3. The minimum Gasteiger partial charge on any atom is -0.466 e. The lowest BCUT2D eigenvalue weighted by Crippen LogP contribution is -2.16. The molecule has 5 heteroatoms. The Bertz CT molecular complexity index is 322. The molecule has 0 spiro atoms. The summed E-state index contributed by atoms with van der Waals surface area (Å²) < 4.78 is 6.60. The minimum atomic E-state index is -0.329. The largest absolute Gasteiger partial charge is 0.466 e. The molecule has 2 N–H and O–H groups in total. The second-order valence-electron chi connectivity index (χ2n) is 3.25. The minimum absolute atomic E-state index is 0.198. The highest BCUT2D eigenvalue weighted by Gasteiger charge is 2.13. The topological polar surface area (TPSA) is 70.1 Å². The third kappa shape index (κ3) is 3.36. The van der Waals surface area contributed by atoms with Crippen LogP contribution in [0.5, 0.6) is 0 Å². The Kier molecular flexibility index (Phi) is 4.30. The molecule has 1 heterocycles. The van der Waals surface area contributed by atoms with Gasteiger partial charge in [0, 0.05) is 24.3 Å². The van der Waals surface area contributed by atoms with Crippen LogP contribution in [0.3, 0.4) is 0 Å². The maximum Gasteiger partial charge on any atom is 0.307 e. The number of carbonyl (C=O) groups is 1. The van der Waals surface area contributed by atoms with E-state index in [1.54, 1.807) is 17.8 Å². The van der Waals surface area contributed by atoms with Crippen LogP contribution in [0, 0.1) is 0 Å². The molecule has 0 aliphatic carbocycles. The predicted molar refractivity (Wildman–Crippen MR) is 56.1 cm³/mol. The molecule has 1 aromatic rings. The van der Waals surface area contributed by atoms with E-state index in [2.05, 4.69) is 5.10 Å². The van der Waals surface area contributed by atoms with Crippen LogP contribution < -0.4 is 5.73 Å². The van der Waals surface area contributed by atoms with E-state index in [-0.39, 0.29) is 18.4 Å². The van der Waals surface area contributed by atoms with E-state index in [0.29, 0.717) is 6.61 Å². The highest BCUT2D eigenvalue weighted by molar-refractivity contribution is 5.70. The van der Waals surface area contributed by atoms with E-state index < -0.39 is 0 Å². The van der Waals surface area contributed by atoms with Crippen molar-refractivity contribution in [3.8, 4) is 0 Å². The van der Waals surface area contributed by atoms with E-state index in [9.17, 15) is 4.79 Å². The number of ether oxygens (including phenoxy) is 1. The quantitative estimate of drug-likeness (QED) is 0.733. The van der Waals surface area contributed by atoms with E-state index in [1.165, 1.54) is 0 Å². The molecule has 0 saturated heterocycles. The van der Waals surface area contributed by atoms with Crippen molar-refractivity contribution in [2.75, 3.05) is 6.61 Å². The smallest absolute Gasteiger partial charge is 0.307 e. The van der Waals surface area contributed by atoms with Gasteiger partial charge < -0.3 is 10.5 Å². The van der Waals surface area contributed by atoms with Crippen LogP contribution in [0.4, 0.5) is 0 Å². The number of aromatic nitrogens is 2. The molecule has 0 radical (unpaired) electrons. The lowest BCUT2D eigenvalue weighted by atomic mass is 10.1. The molecule has 1 rings (SSSR count). The normalized spacial score (nSPS) is 12.5. The summed E-state index contributed by atoms with van der Waals surface area (Å²) in [5.41, 5.74) is 6.71. The zero-order chi connectivity index (χ0) is 11.3. The van der Waals surface area contributed by atoms with Gasteiger partial charge in [0.25, 0.3) is 0 Å². The van der Waals surface area contributed by atoms with Gasteiger partial charge in [0.15, 0.2) is 0 Å². The summed E-state index contributed by atoms with van der Waals surface area (Å²) in [5, 5.41) is 4.09. The number of nitrogens with two attached hydrogens (primary N) is 1. The lowest BCUT2D eigenvalue weighted by molar-refractivity contribution is -0.143. The predicted octanol–water partition coefficient (Wildman–Crippen LogP) is 0.856. The first-order valence-corrected chi connectivity index (χ1v) is 5.10. The summed E-state index contributed by atoms with van der Waals surface area (Å²) in [7, 11) is 0. The Morgan fingerprint density at radius 2 is 2.40 bits per heavy atom. The van der Waals surface area contributed by atoms with E-state index >= 15 is 0 Å². The number of carbonyl (C=O) groups excluding carboxylic acids is 1. The Morgan fingerprint density at radius 1 is 1.67 bits per heavy atom. The molecule has 0 aliphatic rings. The monoisotopic (exact) mass is 211 g/mol. The van der Waals surface area contributed by atoms with Gasteiger partial charge in [-0.1, -0.05) is 0 Å². The highest BCUT2D eigenvalue weighted by Crippen LogP contribution is 2.13. The van der Waals surface area contributed by atoms with Crippen molar-refractivity contribution in [3.63, 3.8) is 0 Å². The maximum absolute atomic E-state index is 11.2. The van der Waals surface area contributed by atoms with Crippen molar-refractivity contribution in [2.45, 2.75) is 32.9 Å². The first-order valence-electron chi connectivity index (χ1n) is 5.10. The Morgan fingerprint density at radius 3 is 2.93 bits per heavy atom. The third-order valence-electron chi connectivity index (χ3n) is 2.10. The van der Waals surface area contributed by atoms with Crippen LogP contribution in [0.2, 0.25) is 0 Å². The molecule has 15 heavy (non-hydrogen) atoms. The summed E-state index contributed by atoms with van der Waals surface area (Å²) in [5.74, 6) is -0.269. The molecule has 1 aromatic heterocycles. The zero-order valence-corrected chi connectivity index (χ0v) is 9.14. The SMILES string of the molecule is CCOC(=O)CC(N)c1cnn(CC)c1. The van der Waals surface area contributed by atoms with Gasteiger partial charge in [-0.2, -0.15) is 5.10 Å². The van der Waals surface area contributed by atoms with E-state index in [0.717, 1.165) is 12.1 Å². The molecule has 0 saturated carbocycles. The Hall–Kier alpha value is -1.36. The Balaban J connectivity index is 2.52. The average molecular weight is 211 g/mol. The average Bonchev–Trinajstić information content (AvgIpc) is 2.66. The van der Waals surface area contributed by atoms with Crippen molar-refractivity contribution in [1.29, 1.82) is 0 Å². The summed E-state index contributed by atoms with van der Waals surface area (Å²) in [6.45, 7) is 4.96. The molecule has 1 atom stereocenters. The number of esters is 1. The Labute approximate surface area is 89.2 Å². The molecule has 84 valence electrons. The van der Waals surface area contributed by atoms with Gasteiger partial charge in [0.05, 0.1) is 19.2 Å². The van der Waals surface area contributed by atoms with Crippen molar-refractivity contribution in [3.05, 3.63) is 18.0 Å². The first kappa shape index (κ1) is 11.7. The number of hydrogen-bond donors (Lipinski definition) is 1. The van der Waals surface area contributed by atoms with E-state index in [4.69, 9.17) is 10.5 Å². The van der Waals surface area contributed by atoms with Crippen LogP contribution >= 0.6 is 0 Å². The molecular formula is C10H17N3O2. The van der Waals surface area contributed by atoms with Crippen LogP contribution in [0.1, 0.15) is 31.9 Å². The van der Waals surface area contributed by atoms with E-state index in [1.807, 2.05) is 13.1 Å². The van der Waals surface area contributed by atoms with Gasteiger partial charge in [-0.05, 0) is 13.8 Å². The van der Waals surface area contributed by atoms with Crippen LogP contribution in [-0.2, 0) is 16.1 Å². The molecule has 5 nitrogen and oxygen atoms in total. The van der Waals surface area contributed by atoms with Gasteiger partial charge in [0.1, 0.15) is 0 Å². The fourth-order valence-corrected chi connectivity index (χ4v) is 1.26. The fourth-order valence-electron chi connectivity index (χ4n) is 1.26. The first-order chi connectivity index (χ1) is 7.17. The number of nitrogens with zero attached hydrogens (tertiary/aromatic N) is 2. The number of aryl methyl sites for hydroxylation is 1. The van der Waals surface area contributed by atoms with Gasteiger partial charge >= 0.3 is 5.97 Å². The number of rotatable bonds is 5. The van der Waals surface area contributed by atoms with Crippen molar-refractivity contribution < 1.29 is 9.53 Å². The summed E-state index contributed by atoms with van der Waals surface area (Å²) in [6.07, 6.45) is 3.74. The summed E-state index contributed by atoms with van der Waals surface area (Å²) in [6, 6.07) is -0.329. The van der Waals surface area contributed by atoms with Gasteiger partial charge in [-0.25, -0.2) is 0 Å². The molecule has 0 amide bonds. The zero-order valence-electron chi connectivity index (χ0n) is 9.14. The molecule has 1 unspecified atom stereocenters. The summed E-state index contributed by atoms with van der Waals surface area (Å²) >= 11 is 0. The van der Waals surface area contributed by atoms with Crippen LogP contribution in [0.15, 0.2) is 12.4 Å². The fraction of sp³-hybridized carbons (Fsp3) is 0.600. The molecule has 0 aliphatic heterocycles. The van der Waals surface area contributed by atoms with Crippen LogP contribution in [0.25, 0.3) is 0 Å². The lowest BCUT2D eigenvalue weighted by Gasteiger charge is -2.07. The highest BCUT2D eigenvalue weighted by atomic mass is 16.5. The molecular weight excluding hydrogens is 194 g/mol.